The number of esters is 1. The molecule has 0 aromatic rings. The predicted octanol–water partition coefficient (Wildman–Crippen LogP) is -0.305. The van der Waals surface area contributed by atoms with E-state index in [-0.39, 0.29) is 6.61 Å². The third-order valence-electron chi connectivity index (χ3n) is 1.28. The van der Waals surface area contributed by atoms with E-state index in [0.29, 0.717) is 0 Å². The first-order valence-electron chi connectivity index (χ1n) is 4.21. The van der Waals surface area contributed by atoms with E-state index in [2.05, 4.69) is 9.73 Å². The number of carbonyl (C=O) groups is 4. The lowest BCUT2D eigenvalue weighted by atomic mass is 10.2. The fourth-order valence-corrected chi connectivity index (χ4v) is 0.740. The fourth-order valence-electron chi connectivity index (χ4n) is 0.740. The van der Waals surface area contributed by atoms with Crippen molar-refractivity contribution < 1.29 is 23.9 Å². The molecule has 0 radical (unpaired) electrons. The Hall–Kier alpha value is -1.85. The number of hydrogen-bond acceptors (Lipinski definition) is 5. The summed E-state index contributed by atoms with van der Waals surface area (Å²) in [6, 6.07) is 0. The van der Waals surface area contributed by atoms with E-state index in [1.54, 1.807) is 0 Å². The molecule has 0 aliphatic carbocycles. The largest absolute Gasteiger partial charge is 0.460 e. The normalized spacial score (nSPS) is 10.7. The smallest absolute Gasteiger partial charge is 0.381 e. The number of hydrogen-bond donors (Lipinski definition) is 0. The van der Waals surface area contributed by atoms with E-state index in [0.717, 1.165) is 13.8 Å². The number of ether oxygens (including phenoxy) is 1. The molecule has 0 rings (SSSR count). The molecule has 0 saturated heterocycles. The van der Waals surface area contributed by atoms with Crippen molar-refractivity contribution in [3.63, 3.8) is 0 Å². The van der Waals surface area contributed by atoms with Crippen molar-refractivity contribution in [2.75, 3.05) is 6.61 Å². The molecule has 0 aliphatic heterocycles. The maximum absolute atomic E-state index is 11.2. The van der Waals surface area contributed by atoms with Gasteiger partial charge in [0.25, 0.3) is 5.78 Å². The monoisotopic (exact) mass is 213 g/mol. The average Bonchev–Trinajstić information content (AvgIpc) is 2.12. The van der Waals surface area contributed by atoms with Crippen molar-refractivity contribution in [1.82, 2.24) is 0 Å². The van der Waals surface area contributed by atoms with Crippen LogP contribution in [0.3, 0.4) is 0 Å². The van der Waals surface area contributed by atoms with Crippen LogP contribution in [0.25, 0.3) is 0 Å². The van der Waals surface area contributed by atoms with Gasteiger partial charge < -0.3 is 4.74 Å². The Morgan fingerprint density at radius 2 is 1.67 bits per heavy atom. The number of rotatable bonds is 4. The molecule has 0 spiro atoms. The second-order valence-electron chi connectivity index (χ2n) is 2.59. The Kier molecular flexibility index (Phi) is 5.08. The molecular weight excluding hydrogens is 202 g/mol. The lowest BCUT2D eigenvalue weighted by molar-refractivity contribution is -0.150. The maximum Gasteiger partial charge on any atom is 0.381 e. The van der Waals surface area contributed by atoms with Gasteiger partial charge in [-0.15, -0.1) is 0 Å². The number of carbonyl (C=O) groups excluding carboxylic acids is 4. The molecule has 0 N–H and O–H groups in total. The fraction of sp³-hybridized carbons (Fsp3) is 0.444. The second kappa shape index (κ2) is 5.79. The highest BCUT2D eigenvalue weighted by Gasteiger charge is 2.25. The quantitative estimate of drug-likeness (QED) is 0.276. The van der Waals surface area contributed by atoms with E-state index >= 15 is 0 Å². The van der Waals surface area contributed by atoms with Crippen LogP contribution in [-0.2, 0) is 23.9 Å². The van der Waals surface area contributed by atoms with Crippen LogP contribution in [0.1, 0.15) is 20.8 Å². The maximum atomic E-state index is 11.2. The third-order valence-corrected chi connectivity index (χ3v) is 1.28. The molecule has 15 heavy (non-hydrogen) atoms. The Morgan fingerprint density at radius 3 is 2.00 bits per heavy atom. The van der Waals surface area contributed by atoms with Gasteiger partial charge in [-0.05, 0) is 6.92 Å². The van der Waals surface area contributed by atoms with Crippen LogP contribution < -0.4 is 0 Å². The Bertz CT molecular complexity index is 342. The number of ketones is 2. The highest BCUT2D eigenvalue weighted by molar-refractivity contribution is 6.79. The van der Waals surface area contributed by atoms with E-state index in [1.165, 1.54) is 6.92 Å². The molecule has 6 heteroatoms. The first-order chi connectivity index (χ1) is 6.90. The minimum absolute atomic E-state index is 0.00975. The third kappa shape index (κ3) is 4.26. The van der Waals surface area contributed by atoms with Crippen LogP contribution in [0.5, 0.6) is 0 Å². The highest BCUT2D eigenvalue weighted by atomic mass is 16.5. The van der Waals surface area contributed by atoms with Gasteiger partial charge >= 0.3 is 5.97 Å². The van der Waals surface area contributed by atoms with Crippen LogP contribution in [0.15, 0.2) is 4.99 Å². The first-order valence-corrected chi connectivity index (χ1v) is 4.21. The Balaban J connectivity index is 4.96. The number of nitrogens with zero attached hydrogens (tertiary/aromatic N) is 1. The van der Waals surface area contributed by atoms with Crippen molar-refractivity contribution in [2.45, 2.75) is 20.8 Å². The van der Waals surface area contributed by atoms with Gasteiger partial charge in [-0.3, -0.25) is 14.4 Å². The van der Waals surface area contributed by atoms with Crippen molar-refractivity contribution in [1.29, 1.82) is 0 Å². The van der Waals surface area contributed by atoms with Gasteiger partial charge in [0, 0.05) is 13.8 Å². The molecule has 0 aliphatic rings. The topological polar surface area (TPSA) is 89.9 Å². The number of Topliss-reactive ketones (excluding diaryl/α,β-unsaturated/α-hetero) is 2. The molecule has 6 nitrogen and oxygen atoms in total. The van der Waals surface area contributed by atoms with E-state index in [1.807, 2.05) is 0 Å². The lowest BCUT2D eigenvalue weighted by Crippen LogP contribution is -2.31. The van der Waals surface area contributed by atoms with Crippen LogP contribution in [0.4, 0.5) is 0 Å². The summed E-state index contributed by atoms with van der Waals surface area (Å²) in [4.78, 5) is 46.9. The minimum atomic E-state index is -1.19. The number of aliphatic imine (C=N–C) groups is 1. The van der Waals surface area contributed by atoms with Gasteiger partial charge in [-0.2, -0.15) is 0 Å². The van der Waals surface area contributed by atoms with Crippen LogP contribution >= 0.6 is 0 Å². The molecule has 0 unspecified atom stereocenters. The summed E-state index contributed by atoms with van der Waals surface area (Å²) in [5.41, 5.74) is -0.694. The highest BCUT2D eigenvalue weighted by Crippen LogP contribution is 1.91. The van der Waals surface area contributed by atoms with Gasteiger partial charge in [0.1, 0.15) is 0 Å². The van der Waals surface area contributed by atoms with E-state index < -0.39 is 29.2 Å². The van der Waals surface area contributed by atoms with Crippen LogP contribution in [-0.4, -0.2) is 35.8 Å². The molecule has 0 aromatic carbocycles. The molecular formula is C9H11NO5. The van der Waals surface area contributed by atoms with Gasteiger partial charge in [0.15, 0.2) is 11.5 Å². The summed E-state index contributed by atoms with van der Waals surface area (Å²) in [5.74, 6) is -3.85. The standard InChI is InChI=1S/C9H11NO5/c1-4-15-9(14)8(13)7(5(2)11)10-6(3)12/h4H2,1-3H3. The molecule has 0 fully saturated rings. The SMILES string of the molecule is CCOC(=O)C(=O)C(=NC(C)=O)C(C)=O. The minimum Gasteiger partial charge on any atom is -0.460 e. The van der Waals surface area contributed by atoms with Crippen LogP contribution in [0, 0.1) is 0 Å². The molecule has 0 bridgehead atoms. The zero-order chi connectivity index (χ0) is 12.0. The van der Waals surface area contributed by atoms with E-state index in [4.69, 9.17) is 0 Å². The molecule has 1 amide bonds. The van der Waals surface area contributed by atoms with Crippen molar-refractivity contribution >= 4 is 29.2 Å². The van der Waals surface area contributed by atoms with Crippen molar-refractivity contribution in [2.24, 2.45) is 4.99 Å². The average molecular weight is 213 g/mol. The van der Waals surface area contributed by atoms with Gasteiger partial charge in [-0.1, -0.05) is 0 Å². The predicted molar refractivity (Wildman–Crippen MR) is 50.4 cm³/mol. The molecule has 0 saturated carbocycles. The second-order valence-corrected chi connectivity index (χ2v) is 2.59. The molecule has 82 valence electrons. The summed E-state index contributed by atoms with van der Waals surface area (Å²) < 4.78 is 4.38. The lowest BCUT2D eigenvalue weighted by Gasteiger charge is -2.00. The Labute approximate surface area is 86.3 Å². The van der Waals surface area contributed by atoms with Gasteiger partial charge in [0.05, 0.1) is 6.61 Å². The molecule has 0 atom stereocenters. The zero-order valence-corrected chi connectivity index (χ0v) is 8.70. The molecule has 0 aromatic heterocycles. The Morgan fingerprint density at radius 1 is 1.13 bits per heavy atom. The summed E-state index contributed by atoms with van der Waals surface area (Å²) in [6.07, 6.45) is 0. The summed E-state index contributed by atoms with van der Waals surface area (Å²) in [6.45, 7) is 3.64. The first kappa shape index (κ1) is 13.2. The zero-order valence-electron chi connectivity index (χ0n) is 8.70. The van der Waals surface area contributed by atoms with Crippen LogP contribution in [0.2, 0.25) is 0 Å². The van der Waals surface area contributed by atoms with Gasteiger partial charge in [-0.25, -0.2) is 9.79 Å². The van der Waals surface area contributed by atoms with E-state index in [9.17, 15) is 19.2 Å². The summed E-state index contributed by atoms with van der Waals surface area (Å²) >= 11 is 0. The number of amides is 1. The van der Waals surface area contributed by atoms with Gasteiger partial charge in [0.2, 0.25) is 5.91 Å². The molecule has 0 heterocycles. The summed E-state index contributed by atoms with van der Waals surface area (Å²) in [5, 5.41) is 0. The van der Waals surface area contributed by atoms with Crippen molar-refractivity contribution in [3.8, 4) is 0 Å². The van der Waals surface area contributed by atoms with Crippen molar-refractivity contribution in [3.05, 3.63) is 0 Å². The summed E-state index contributed by atoms with van der Waals surface area (Å²) in [7, 11) is 0.